The van der Waals surface area contributed by atoms with Crippen molar-refractivity contribution >= 4 is 69.9 Å². The first-order valence-corrected chi connectivity index (χ1v) is 12.0. The number of imide groups is 1. The van der Waals surface area contributed by atoms with Crippen molar-refractivity contribution in [1.82, 2.24) is 0 Å². The van der Waals surface area contributed by atoms with Gasteiger partial charge in [-0.1, -0.05) is 29.3 Å². The van der Waals surface area contributed by atoms with Crippen molar-refractivity contribution in [3.8, 4) is 0 Å². The number of halogens is 2. The molecule has 0 radical (unpaired) electrons. The number of carbonyl (C=O) groups excluding carboxylic acids is 4. The van der Waals surface area contributed by atoms with E-state index in [0.717, 1.165) is 9.80 Å². The summed E-state index contributed by atoms with van der Waals surface area (Å²) in [7, 11) is 0. The second-order valence-electron chi connectivity index (χ2n) is 7.62. The topological polar surface area (TPSA) is 107 Å². The molecule has 0 saturated carbocycles. The van der Waals surface area contributed by atoms with Crippen molar-refractivity contribution in [2.45, 2.75) is 16.6 Å². The minimum absolute atomic E-state index is 0.0530. The van der Waals surface area contributed by atoms with Gasteiger partial charge in [0, 0.05) is 27.6 Å². The van der Waals surface area contributed by atoms with Crippen LogP contribution < -0.4 is 10.6 Å². The van der Waals surface area contributed by atoms with Gasteiger partial charge in [-0.2, -0.15) is 0 Å². The Balaban J connectivity index is 1.39. The molecule has 3 aromatic rings. The highest BCUT2D eigenvalue weighted by atomic mass is 35.5. The zero-order chi connectivity index (χ0) is 25.1. The quantitative estimate of drug-likeness (QED) is 0.198. The number of rotatable bonds is 7. The number of nitrogens with zero attached hydrogens (tertiary/aromatic N) is 1. The van der Waals surface area contributed by atoms with E-state index < -0.39 is 23.6 Å². The van der Waals surface area contributed by atoms with Crippen LogP contribution in [0.15, 0.2) is 71.6 Å². The molecule has 7 nitrogen and oxygen atoms in total. The summed E-state index contributed by atoms with van der Waals surface area (Å²) in [5, 5.41) is -0.0250. The molecule has 1 saturated heterocycles. The van der Waals surface area contributed by atoms with E-state index in [1.807, 2.05) is 6.07 Å². The highest BCUT2D eigenvalue weighted by Gasteiger charge is 2.40. The molecule has 3 aromatic carbocycles. The van der Waals surface area contributed by atoms with Crippen molar-refractivity contribution in [3.63, 3.8) is 0 Å². The summed E-state index contributed by atoms with van der Waals surface area (Å²) >= 11 is 13.1. The zero-order valence-corrected chi connectivity index (χ0v) is 20.4. The number of anilines is 2. The second-order valence-corrected chi connectivity index (χ2v) is 9.74. The van der Waals surface area contributed by atoms with E-state index in [4.69, 9.17) is 33.7 Å². The first-order valence-electron chi connectivity index (χ1n) is 10.4. The Morgan fingerprint density at radius 2 is 1.77 bits per heavy atom. The smallest absolute Gasteiger partial charge is 0.338 e. The second kappa shape index (κ2) is 10.5. The average molecular weight is 529 g/mol. The maximum Gasteiger partial charge on any atom is 0.338 e. The fraction of sp³-hybridized carbons (Fsp3) is 0.120. The van der Waals surface area contributed by atoms with Crippen LogP contribution in [-0.4, -0.2) is 35.4 Å². The van der Waals surface area contributed by atoms with E-state index in [0.29, 0.717) is 16.4 Å². The monoisotopic (exact) mass is 528 g/mol. The van der Waals surface area contributed by atoms with Gasteiger partial charge in [-0.15, -0.1) is 11.8 Å². The lowest BCUT2D eigenvalue weighted by atomic mass is 10.1. The molecule has 4 rings (SSSR count). The lowest BCUT2D eigenvalue weighted by Crippen LogP contribution is -2.31. The molecule has 1 atom stereocenters. The van der Waals surface area contributed by atoms with Crippen molar-refractivity contribution in [2.24, 2.45) is 0 Å². The SMILES string of the molecule is Nc1cccc(SC2CC(=O)N(c3ccc(C(=O)OCC(=O)c4ccc(Cl)cc4Cl)cc3)C2=O)c1. The Morgan fingerprint density at radius 3 is 2.46 bits per heavy atom. The minimum atomic E-state index is -0.732. The van der Waals surface area contributed by atoms with Crippen LogP contribution in [0.4, 0.5) is 11.4 Å². The number of amides is 2. The van der Waals surface area contributed by atoms with Gasteiger partial charge in [-0.05, 0) is 60.7 Å². The number of carbonyl (C=O) groups is 4. The number of nitrogens with two attached hydrogens (primary N) is 1. The highest BCUT2D eigenvalue weighted by molar-refractivity contribution is 8.00. The first-order chi connectivity index (χ1) is 16.7. The van der Waals surface area contributed by atoms with Crippen molar-refractivity contribution < 1.29 is 23.9 Å². The molecule has 1 aliphatic rings. The summed E-state index contributed by atoms with van der Waals surface area (Å²) < 4.78 is 5.09. The summed E-state index contributed by atoms with van der Waals surface area (Å²) in [6, 6.07) is 17.3. The fourth-order valence-electron chi connectivity index (χ4n) is 3.47. The van der Waals surface area contributed by atoms with E-state index >= 15 is 0 Å². The normalized spacial score (nSPS) is 15.4. The highest BCUT2D eigenvalue weighted by Crippen LogP contribution is 2.34. The molecular formula is C25H18Cl2N2O5S. The maximum atomic E-state index is 12.9. The third-order valence-electron chi connectivity index (χ3n) is 5.17. The molecule has 35 heavy (non-hydrogen) atoms. The molecule has 1 unspecified atom stereocenters. The summed E-state index contributed by atoms with van der Waals surface area (Å²) in [4.78, 5) is 52.0. The molecule has 178 valence electrons. The van der Waals surface area contributed by atoms with Crippen LogP contribution >= 0.6 is 35.0 Å². The van der Waals surface area contributed by atoms with Crippen LogP contribution in [0.5, 0.6) is 0 Å². The molecule has 2 amide bonds. The van der Waals surface area contributed by atoms with Crippen LogP contribution in [0.1, 0.15) is 27.1 Å². The molecule has 0 aromatic heterocycles. The van der Waals surface area contributed by atoms with Crippen molar-refractivity contribution in [3.05, 3.63) is 87.9 Å². The van der Waals surface area contributed by atoms with Gasteiger partial charge in [0.25, 0.3) is 0 Å². The lowest BCUT2D eigenvalue weighted by molar-refractivity contribution is -0.121. The van der Waals surface area contributed by atoms with Gasteiger partial charge in [0.2, 0.25) is 17.6 Å². The molecule has 1 fully saturated rings. The number of Topliss-reactive ketones (excluding diaryl/α,β-unsaturated/α-hetero) is 1. The number of benzene rings is 3. The number of hydrogen-bond donors (Lipinski definition) is 1. The molecule has 10 heteroatoms. The minimum Gasteiger partial charge on any atom is -0.454 e. The van der Waals surface area contributed by atoms with Crippen molar-refractivity contribution in [2.75, 3.05) is 17.2 Å². The Morgan fingerprint density at radius 1 is 1.03 bits per heavy atom. The standard InChI is InChI=1S/C25H18Cl2N2O5S/c26-15-6-9-19(20(27)10-15)21(30)13-34-25(33)14-4-7-17(8-5-14)29-23(31)12-22(24(29)32)35-18-3-1-2-16(28)11-18/h1-11,22H,12-13,28H2. The fourth-order valence-corrected chi connectivity index (χ4v) is 5.11. The average Bonchev–Trinajstić information content (AvgIpc) is 3.10. The largest absolute Gasteiger partial charge is 0.454 e. The molecule has 0 spiro atoms. The summed E-state index contributed by atoms with van der Waals surface area (Å²) in [6.45, 7) is -0.506. The number of esters is 1. The van der Waals surface area contributed by atoms with Gasteiger partial charge in [-0.25, -0.2) is 9.69 Å². The van der Waals surface area contributed by atoms with E-state index in [-0.39, 0.29) is 34.4 Å². The maximum absolute atomic E-state index is 12.9. The van der Waals surface area contributed by atoms with Gasteiger partial charge in [0.1, 0.15) is 0 Å². The Bertz CT molecular complexity index is 1330. The van der Waals surface area contributed by atoms with Crippen LogP contribution in [0.25, 0.3) is 0 Å². The van der Waals surface area contributed by atoms with Gasteiger partial charge in [0.05, 0.1) is 21.5 Å². The number of ketones is 1. The van der Waals surface area contributed by atoms with Crippen LogP contribution in [-0.2, 0) is 14.3 Å². The molecule has 1 aliphatic heterocycles. The Hall–Kier alpha value is -3.33. The van der Waals surface area contributed by atoms with Crippen LogP contribution in [0, 0.1) is 0 Å². The molecule has 0 aliphatic carbocycles. The number of hydrogen-bond acceptors (Lipinski definition) is 7. The van der Waals surface area contributed by atoms with E-state index in [1.165, 1.54) is 54.2 Å². The number of ether oxygens (including phenoxy) is 1. The van der Waals surface area contributed by atoms with Crippen molar-refractivity contribution in [1.29, 1.82) is 0 Å². The van der Waals surface area contributed by atoms with E-state index in [9.17, 15) is 19.2 Å². The molecule has 0 bridgehead atoms. The predicted octanol–water partition coefficient (Wildman–Crippen LogP) is 5.04. The van der Waals surface area contributed by atoms with Gasteiger partial charge in [-0.3, -0.25) is 14.4 Å². The van der Waals surface area contributed by atoms with Gasteiger partial charge >= 0.3 is 5.97 Å². The Labute approximate surface area is 215 Å². The van der Waals surface area contributed by atoms with Crippen LogP contribution in [0.3, 0.4) is 0 Å². The van der Waals surface area contributed by atoms with Crippen LogP contribution in [0.2, 0.25) is 10.0 Å². The third-order valence-corrected chi connectivity index (χ3v) is 6.90. The molecule has 1 heterocycles. The van der Waals surface area contributed by atoms with Gasteiger partial charge in [0.15, 0.2) is 6.61 Å². The van der Waals surface area contributed by atoms with Gasteiger partial charge < -0.3 is 10.5 Å². The van der Waals surface area contributed by atoms with E-state index in [1.54, 1.807) is 18.2 Å². The summed E-state index contributed by atoms with van der Waals surface area (Å²) in [6.07, 6.45) is 0.0530. The first kappa shape index (κ1) is 24.8. The predicted molar refractivity (Wildman–Crippen MR) is 135 cm³/mol. The Kier molecular flexibility index (Phi) is 7.45. The lowest BCUT2D eigenvalue weighted by Gasteiger charge is -2.15. The number of thioether (sulfide) groups is 1. The number of nitrogen functional groups attached to an aromatic ring is 1. The zero-order valence-electron chi connectivity index (χ0n) is 18.1. The summed E-state index contributed by atoms with van der Waals surface area (Å²) in [5.74, 6) is -1.89. The summed E-state index contributed by atoms with van der Waals surface area (Å²) in [5.41, 5.74) is 7.06. The molecule has 2 N–H and O–H groups in total. The third kappa shape index (κ3) is 5.67. The van der Waals surface area contributed by atoms with E-state index in [2.05, 4.69) is 0 Å². The molecular weight excluding hydrogens is 511 g/mol.